The van der Waals surface area contributed by atoms with E-state index in [0.29, 0.717) is 5.75 Å². The number of methoxy groups -OCH3 is 1. The van der Waals surface area contributed by atoms with Crippen LogP contribution in [0.3, 0.4) is 0 Å². The van der Waals surface area contributed by atoms with Gasteiger partial charge in [-0.1, -0.05) is 18.2 Å². The van der Waals surface area contributed by atoms with E-state index in [0.717, 1.165) is 11.8 Å². The Morgan fingerprint density at radius 2 is 1.94 bits per heavy atom. The fourth-order valence-electron chi connectivity index (χ4n) is 1.45. The molecule has 0 unspecified atom stereocenters. The van der Waals surface area contributed by atoms with Crippen LogP contribution in [-0.2, 0) is 21.1 Å². The molecule has 0 bridgehead atoms. The number of rotatable bonds is 6. The molecule has 1 aromatic carbocycles. The summed E-state index contributed by atoms with van der Waals surface area (Å²) in [5.41, 5.74) is 0.786. The van der Waals surface area contributed by atoms with Crippen LogP contribution in [0.5, 0.6) is 5.75 Å². The Bertz CT molecular complexity index is 491. The van der Waals surface area contributed by atoms with Crippen molar-refractivity contribution in [2.75, 3.05) is 19.1 Å². The number of carbonyl (C=O) groups excluding carboxylic acids is 1. The maximum Gasteiger partial charge on any atom is 0.147 e. The van der Waals surface area contributed by atoms with Crippen LogP contribution in [0.2, 0.25) is 0 Å². The lowest BCUT2D eigenvalue weighted by Gasteiger charge is -2.07. The summed E-state index contributed by atoms with van der Waals surface area (Å²) in [6, 6.07) is 7.22. The summed E-state index contributed by atoms with van der Waals surface area (Å²) in [6.45, 7) is 0. The van der Waals surface area contributed by atoms with Crippen molar-refractivity contribution in [1.82, 2.24) is 0 Å². The van der Waals surface area contributed by atoms with E-state index in [1.165, 1.54) is 0 Å². The SMILES string of the molecule is COc1ccccc1CC(=O)CCS(C)(=O)=O. The van der Waals surface area contributed by atoms with Crippen molar-refractivity contribution in [3.63, 3.8) is 0 Å². The molecule has 0 saturated heterocycles. The first-order chi connectivity index (χ1) is 7.92. The number of para-hydroxylation sites is 1. The molecule has 4 nitrogen and oxygen atoms in total. The number of sulfone groups is 1. The average Bonchev–Trinajstić information content (AvgIpc) is 2.26. The van der Waals surface area contributed by atoms with Gasteiger partial charge in [0.25, 0.3) is 0 Å². The van der Waals surface area contributed by atoms with Gasteiger partial charge in [-0.25, -0.2) is 8.42 Å². The Morgan fingerprint density at radius 1 is 1.29 bits per heavy atom. The van der Waals surface area contributed by atoms with Crippen molar-refractivity contribution in [2.45, 2.75) is 12.8 Å². The van der Waals surface area contributed by atoms with E-state index in [1.54, 1.807) is 19.2 Å². The second-order valence-electron chi connectivity index (χ2n) is 3.91. The quantitative estimate of drug-likeness (QED) is 0.768. The van der Waals surface area contributed by atoms with Crippen LogP contribution in [0.1, 0.15) is 12.0 Å². The van der Waals surface area contributed by atoms with E-state index in [2.05, 4.69) is 0 Å². The number of carbonyl (C=O) groups is 1. The van der Waals surface area contributed by atoms with E-state index in [1.807, 2.05) is 12.1 Å². The van der Waals surface area contributed by atoms with E-state index in [4.69, 9.17) is 4.74 Å². The molecule has 1 rings (SSSR count). The van der Waals surface area contributed by atoms with Gasteiger partial charge in [0.2, 0.25) is 0 Å². The van der Waals surface area contributed by atoms with Crippen LogP contribution in [0.4, 0.5) is 0 Å². The van der Waals surface area contributed by atoms with Gasteiger partial charge < -0.3 is 4.74 Å². The maximum absolute atomic E-state index is 11.6. The zero-order chi connectivity index (χ0) is 12.9. The number of hydrogen-bond acceptors (Lipinski definition) is 4. The third-order valence-corrected chi connectivity index (χ3v) is 3.28. The number of benzene rings is 1. The summed E-state index contributed by atoms with van der Waals surface area (Å²) < 4.78 is 27.0. The molecule has 0 amide bonds. The van der Waals surface area contributed by atoms with E-state index < -0.39 is 9.84 Å². The first-order valence-electron chi connectivity index (χ1n) is 5.23. The Morgan fingerprint density at radius 3 is 2.53 bits per heavy atom. The molecule has 0 radical (unpaired) electrons. The summed E-state index contributed by atoms with van der Waals surface area (Å²) in [4.78, 5) is 11.6. The summed E-state index contributed by atoms with van der Waals surface area (Å²) in [7, 11) is -1.54. The molecule has 17 heavy (non-hydrogen) atoms. The first kappa shape index (κ1) is 13.7. The van der Waals surface area contributed by atoms with Crippen LogP contribution < -0.4 is 4.74 Å². The van der Waals surface area contributed by atoms with Crippen LogP contribution >= 0.6 is 0 Å². The summed E-state index contributed by atoms with van der Waals surface area (Å²) >= 11 is 0. The van der Waals surface area contributed by atoms with Crippen molar-refractivity contribution >= 4 is 15.6 Å². The van der Waals surface area contributed by atoms with Gasteiger partial charge in [-0.05, 0) is 6.07 Å². The molecule has 0 heterocycles. The third-order valence-electron chi connectivity index (χ3n) is 2.33. The van der Waals surface area contributed by atoms with Crippen LogP contribution in [0.15, 0.2) is 24.3 Å². The Kier molecular flexibility index (Phi) is 4.69. The van der Waals surface area contributed by atoms with Crippen LogP contribution in [0, 0.1) is 0 Å². The molecular formula is C12H16O4S. The monoisotopic (exact) mass is 256 g/mol. The van der Waals surface area contributed by atoms with Crippen molar-refractivity contribution < 1.29 is 17.9 Å². The lowest BCUT2D eigenvalue weighted by Crippen LogP contribution is -2.11. The molecule has 0 aliphatic rings. The van der Waals surface area contributed by atoms with Crippen LogP contribution in [0.25, 0.3) is 0 Å². The normalized spacial score (nSPS) is 11.2. The first-order valence-corrected chi connectivity index (χ1v) is 7.30. The number of ether oxygens (including phenoxy) is 1. The molecule has 1 aromatic rings. The lowest BCUT2D eigenvalue weighted by atomic mass is 10.1. The Labute approximate surface area is 102 Å². The maximum atomic E-state index is 11.6. The highest BCUT2D eigenvalue weighted by Crippen LogP contribution is 2.18. The highest BCUT2D eigenvalue weighted by molar-refractivity contribution is 7.90. The topological polar surface area (TPSA) is 60.4 Å². The minimum Gasteiger partial charge on any atom is -0.496 e. The van der Waals surface area contributed by atoms with Gasteiger partial charge in [0.05, 0.1) is 12.9 Å². The molecule has 0 atom stereocenters. The van der Waals surface area contributed by atoms with Crippen LogP contribution in [-0.4, -0.2) is 33.3 Å². The molecule has 0 aliphatic carbocycles. The standard InChI is InChI=1S/C12H16O4S/c1-16-12-6-4-3-5-10(12)9-11(13)7-8-17(2,14)15/h3-6H,7-9H2,1-2H3. The molecule has 0 aliphatic heterocycles. The molecular weight excluding hydrogens is 240 g/mol. The number of hydrogen-bond donors (Lipinski definition) is 0. The fraction of sp³-hybridized carbons (Fsp3) is 0.417. The fourth-order valence-corrected chi connectivity index (χ4v) is 2.05. The van der Waals surface area contributed by atoms with E-state index >= 15 is 0 Å². The second-order valence-corrected chi connectivity index (χ2v) is 6.17. The largest absolute Gasteiger partial charge is 0.496 e. The lowest BCUT2D eigenvalue weighted by molar-refractivity contribution is -0.118. The highest BCUT2D eigenvalue weighted by Gasteiger charge is 2.11. The van der Waals surface area contributed by atoms with Crippen molar-refractivity contribution in [1.29, 1.82) is 0 Å². The van der Waals surface area contributed by atoms with Gasteiger partial charge in [0.1, 0.15) is 21.4 Å². The van der Waals surface area contributed by atoms with Gasteiger partial charge in [-0.2, -0.15) is 0 Å². The third kappa shape index (κ3) is 4.99. The van der Waals surface area contributed by atoms with Gasteiger partial charge in [0, 0.05) is 24.7 Å². The predicted molar refractivity (Wildman–Crippen MR) is 66.0 cm³/mol. The predicted octanol–water partition coefficient (Wildman–Crippen LogP) is 1.24. The van der Waals surface area contributed by atoms with Crippen molar-refractivity contribution in [3.05, 3.63) is 29.8 Å². The molecule has 0 saturated carbocycles. The van der Waals surface area contributed by atoms with Gasteiger partial charge in [0.15, 0.2) is 0 Å². The summed E-state index contributed by atoms with van der Waals surface area (Å²) in [6.07, 6.45) is 1.39. The minimum absolute atomic E-state index is 0.0525. The Balaban J connectivity index is 2.62. The molecule has 0 fully saturated rings. The van der Waals surface area contributed by atoms with E-state index in [9.17, 15) is 13.2 Å². The molecule has 0 spiro atoms. The van der Waals surface area contributed by atoms with Gasteiger partial charge >= 0.3 is 0 Å². The van der Waals surface area contributed by atoms with E-state index in [-0.39, 0.29) is 24.4 Å². The zero-order valence-electron chi connectivity index (χ0n) is 9.97. The summed E-state index contributed by atoms with van der Waals surface area (Å²) in [5, 5.41) is 0. The zero-order valence-corrected chi connectivity index (χ0v) is 10.8. The second kappa shape index (κ2) is 5.82. The smallest absolute Gasteiger partial charge is 0.147 e. The number of ketones is 1. The minimum atomic E-state index is -3.08. The molecule has 94 valence electrons. The number of Topliss-reactive ketones (excluding diaryl/α,β-unsaturated/α-hetero) is 1. The molecule has 0 aromatic heterocycles. The van der Waals surface area contributed by atoms with Gasteiger partial charge in [-0.3, -0.25) is 4.79 Å². The van der Waals surface area contributed by atoms with Crippen molar-refractivity contribution in [3.8, 4) is 5.75 Å². The average molecular weight is 256 g/mol. The van der Waals surface area contributed by atoms with Crippen molar-refractivity contribution in [2.24, 2.45) is 0 Å². The Hall–Kier alpha value is -1.36. The molecule has 0 N–H and O–H groups in total. The summed E-state index contributed by atoms with van der Waals surface area (Å²) in [5.74, 6) is 0.459. The highest BCUT2D eigenvalue weighted by atomic mass is 32.2. The van der Waals surface area contributed by atoms with Gasteiger partial charge in [-0.15, -0.1) is 0 Å². The molecule has 5 heteroatoms.